The van der Waals surface area contributed by atoms with Crippen LogP contribution in [0.3, 0.4) is 0 Å². The molecule has 0 aliphatic carbocycles. The number of carbonyl (C=O) groups is 2. The van der Waals surface area contributed by atoms with Gasteiger partial charge in [0.05, 0.1) is 19.6 Å². The molecule has 20 heavy (non-hydrogen) atoms. The van der Waals surface area contributed by atoms with Gasteiger partial charge in [0.1, 0.15) is 0 Å². The van der Waals surface area contributed by atoms with Crippen LogP contribution in [0.15, 0.2) is 25.3 Å². The molecule has 112 valence electrons. The maximum atomic E-state index is 12.2. The molecule has 1 heterocycles. The Labute approximate surface area is 120 Å². The van der Waals surface area contributed by atoms with Gasteiger partial charge in [-0.3, -0.25) is 14.5 Å². The minimum Gasteiger partial charge on any atom is -0.469 e. The van der Waals surface area contributed by atoms with Crippen LogP contribution in [-0.4, -0.2) is 61.5 Å². The molecule has 0 N–H and O–H groups in total. The Bertz CT molecular complexity index is 371. The van der Waals surface area contributed by atoms with Gasteiger partial charge in [-0.05, 0) is 5.92 Å². The van der Waals surface area contributed by atoms with Crippen molar-refractivity contribution in [2.45, 2.75) is 6.92 Å². The molecule has 0 aromatic heterocycles. The lowest BCUT2D eigenvalue weighted by Crippen LogP contribution is -2.40. The van der Waals surface area contributed by atoms with Gasteiger partial charge in [-0.15, -0.1) is 13.2 Å². The van der Waals surface area contributed by atoms with E-state index >= 15 is 0 Å². The Morgan fingerprint density at radius 3 is 2.40 bits per heavy atom. The number of ether oxygens (including phenoxy) is 1. The Morgan fingerprint density at radius 2 is 1.90 bits per heavy atom. The third kappa shape index (κ3) is 4.20. The smallest absolute Gasteiger partial charge is 0.310 e. The number of hydrogen-bond acceptors (Lipinski definition) is 4. The summed E-state index contributed by atoms with van der Waals surface area (Å²) in [6.45, 7) is 12.0. The summed E-state index contributed by atoms with van der Waals surface area (Å²) >= 11 is 0. The number of amides is 1. The number of rotatable bonds is 7. The maximum Gasteiger partial charge on any atom is 0.310 e. The molecule has 0 aromatic carbocycles. The van der Waals surface area contributed by atoms with Gasteiger partial charge in [0.25, 0.3) is 0 Å². The van der Waals surface area contributed by atoms with Crippen molar-refractivity contribution in [3.05, 3.63) is 25.3 Å². The van der Waals surface area contributed by atoms with E-state index < -0.39 is 0 Å². The van der Waals surface area contributed by atoms with Gasteiger partial charge in [-0.1, -0.05) is 19.1 Å². The van der Waals surface area contributed by atoms with Crippen LogP contribution >= 0.6 is 0 Å². The van der Waals surface area contributed by atoms with E-state index in [1.165, 1.54) is 7.11 Å². The van der Waals surface area contributed by atoms with E-state index in [-0.39, 0.29) is 23.7 Å². The molecule has 1 aliphatic heterocycles. The highest BCUT2D eigenvalue weighted by Gasteiger charge is 2.36. The van der Waals surface area contributed by atoms with E-state index in [0.717, 1.165) is 6.54 Å². The Balaban J connectivity index is 2.56. The summed E-state index contributed by atoms with van der Waals surface area (Å²) in [5.41, 5.74) is 0. The number of methoxy groups -OCH3 is 1. The summed E-state index contributed by atoms with van der Waals surface area (Å²) in [4.78, 5) is 27.5. The monoisotopic (exact) mass is 280 g/mol. The molecule has 2 unspecified atom stereocenters. The normalized spacial score (nSPS) is 22.3. The summed E-state index contributed by atoms with van der Waals surface area (Å²) in [5.74, 6) is -0.0911. The number of nitrogens with zero attached hydrogens (tertiary/aromatic N) is 2. The van der Waals surface area contributed by atoms with Gasteiger partial charge >= 0.3 is 5.97 Å². The minimum absolute atomic E-state index is 0.0301. The van der Waals surface area contributed by atoms with Gasteiger partial charge in [0.15, 0.2) is 0 Å². The van der Waals surface area contributed by atoms with E-state index in [1.54, 1.807) is 17.1 Å². The van der Waals surface area contributed by atoms with Gasteiger partial charge in [-0.2, -0.15) is 0 Å². The standard InChI is InChI=1S/C15H24N2O3/c1-5-7-17(8-6-2)14(18)11-16-9-12(3)13(10-16)15(19)20-4/h5-6,12-13H,1-2,7-11H2,3-4H3. The van der Waals surface area contributed by atoms with Crippen molar-refractivity contribution in [3.63, 3.8) is 0 Å². The van der Waals surface area contributed by atoms with Crippen molar-refractivity contribution >= 4 is 11.9 Å². The molecule has 5 heteroatoms. The summed E-state index contributed by atoms with van der Waals surface area (Å²) in [6, 6.07) is 0. The molecule has 1 rings (SSSR count). The van der Waals surface area contributed by atoms with E-state index in [9.17, 15) is 9.59 Å². The summed E-state index contributed by atoms with van der Waals surface area (Å²) < 4.78 is 4.79. The van der Waals surface area contributed by atoms with Crippen LogP contribution in [0.25, 0.3) is 0 Å². The molecule has 1 amide bonds. The van der Waals surface area contributed by atoms with Crippen molar-refractivity contribution < 1.29 is 14.3 Å². The lowest BCUT2D eigenvalue weighted by molar-refractivity contribution is -0.146. The lowest BCUT2D eigenvalue weighted by atomic mass is 9.99. The van der Waals surface area contributed by atoms with E-state index in [2.05, 4.69) is 13.2 Å². The molecule has 1 saturated heterocycles. The molecular weight excluding hydrogens is 256 g/mol. The second kappa shape index (κ2) is 7.85. The average Bonchev–Trinajstić information content (AvgIpc) is 2.78. The molecular formula is C15H24N2O3. The Kier molecular flexibility index (Phi) is 6.45. The number of esters is 1. The first-order chi connectivity index (χ1) is 9.53. The highest BCUT2D eigenvalue weighted by Crippen LogP contribution is 2.23. The molecule has 0 aromatic rings. The van der Waals surface area contributed by atoms with Crippen molar-refractivity contribution in [2.75, 3.05) is 39.8 Å². The molecule has 0 saturated carbocycles. The molecule has 0 bridgehead atoms. The number of likely N-dealkylation sites (tertiary alicyclic amines) is 1. The molecule has 5 nitrogen and oxygen atoms in total. The zero-order valence-corrected chi connectivity index (χ0v) is 12.4. The van der Waals surface area contributed by atoms with Gasteiger partial charge in [-0.25, -0.2) is 0 Å². The predicted octanol–water partition coefficient (Wildman–Crippen LogP) is 0.928. The van der Waals surface area contributed by atoms with Crippen LogP contribution in [0.1, 0.15) is 6.92 Å². The van der Waals surface area contributed by atoms with Crippen molar-refractivity contribution in [2.24, 2.45) is 11.8 Å². The van der Waals surface area contributed by atoms with Gasteiger partial charge < -0.3 is 9.64 Å². The van der Waals surface area contributed by atoms with E-state index in [0.29, 0.717) is 26.2 Å². The van der Waals surface area contributed by atoms with Crippen LogP contribution in [0.5, 0.6) is 0 Å². The summed E-state index contributed by atoms with van der Waals surface area (Å²) in [6.07, 6.45) is 3.40. The zero-order chi connectivity index (χ0) is 15.1. The second-order valence-electron chi connectivity index (χ2n) is 5.18. The molecule has 1 aliphatic rings. The molecule has 1 fully saturated rings. The van der Waals surface area contributed by atoms with Crippen LogP contribution < -0.4 is 0 Å². The third-order valence-electron chi connectivity index (χ3n) is 3.60. The fraction of sp³-hybridized carbons (Fsp3) is 0.600. The Hall–Kier alpha value is -1.62. The van der Waals surface area contributed by atoms with Crippen molar-refractivity contribution in [1.82, 2.24) is 9.80 Å². The van der Waals surface area contributed by atoms with Crippen LogP contribution in [-0.2, 0) is 14.3 Å². The van der Waals surface area contributed by atoms with E-state index in [4.69, 9.17) is 4.74 Å². The Morgan fingerprint density at radius 1 is 1.30 bits per heavy atom. The SMILES string of the molecule is C=CCN(CC=C)C(=O)CN1CC(C)C(C(=O)OC)C1. The van der Waals surface area contributed by atoms with Gasteiger partial charge in [0, 0.05) is 26.2 Å². The summed E-state index contributed by atoms with van der Waals surface area (Å²) in [5, 5.41) is 0. The first-order valence-electron chi connectivity index (χ1n) is 6.83. The fourth-order valence-electron chi connectivity index (χ4n) is 2.54. The summed E-state index contributed by atoms with van der Waals surface area (Å²) in [7, 11) is 1.40. The van der Waals surface area contributed by atoms with Crippen LogP contribution in [0, 0.1) is 11.8 Å². The molecule has 0 radical (unpaired) electrons. The molecule has 0 spiro atoms. The lowest BCUT2D eigenvalue weighted by Gasteiger charge is -2.23. The first-order valence-corrected chi connectivity index (χ1v) is 6.83. The zero-order valence-electron chi connectivity index (χ0n) is 12.4. The quantitative estimate of drug-likeness (QED) is 0.514. The number of carbonyl (C=O) groups excluding carboxylic acids is 2. The molecule has 2 atom stereocenters. The predicted molar refractivity (Wildman–Crippen MR) is 78.1 cm³/mol. The van der Waals surface area contributed by atoms with Crippen molar-refractivity contribution in [1.29, 1.82) is 0 Å². The van der Waals surface area contributed by atoms with Crippen LogP contribution in [0.2, 0.25) is 0 Å². The second-order valence-corrected chi connectivity index (χ2v) is 5.18. The maximum absolute atomic E-state index is 12.2. The fourth-order valence-corrected chi connectivity index (χ4v) is 2.54. The third-order valence-corrected chi connectivity index (χ3v) is 3.60. The van der Waals surface area contributed by atoms with Crippen molar-refractivity contribution in [3.8, 4) is 0 Å². The first kappa shape index (κ1) is 16.4. The largest absolute Gasteiger partial charge is 0.469 e. The minimum atomic E-state index is -0.193. The average molecular weight is 280 g/mol. The number of hydrogen-bond donors (Lipinski definition) is 0. The topological polar surface area (TPSA) is 49.9 Å². The van der Waals surface area contributed by atoms with Gasteiger partial charge in [0.2, 0.25) is 5.91 Å². The highest BCUT2D eigenvalue weighted by atomic mass is 16.5. The highest BCUT2D eigenvalue weighted by molar-refractivity contribution is 5.79. The van der Waals surface area contributed by atoms with Crippen LogP contribution in [0.4, 0.5) is 0 Å². The van der Waals surface area contributed by atoms with E-state index in [1.807, 2.05) is 11.8 Å².